The van der Waals surface area contributed by atoms with Crippen molar-refractivity contribution in [1.82, 2.24) is 0 Å². The Balaban J connectivity index is 1.41. The smallest absolute Gasteiger partial charge is 0.166 e. The summed E-state index contributed by atoms with van der Waals surface area (Å²) in [5, 5.41) is 7.30. The average Bonchev–Trinajstić information content (AvgIpc) is 3.13. The highest BCUT2D eigenvalue weighted by molar-refractivity contribution is 14.2. The van der Waals surface area contributed by atoms with Gasteiger partial charge in [0.25, 0.3) is 0 Å². The number of halogens is 4. The SMILES string of the molecule is FC(F)(F)C1=CC=C(c2cc(-c3ccc4ccccc4c3)c3c4c2ccc2c(-c5ccccc5)cc(C5=CC=CC=I5)c(c24)CC3)CC1. The summed E-state index contributed by atoms with van der Waals surface area (Å²) in [7, 11) is 0. The summed E-state index contributed by atoms with van der Waals surface area (Å²) < 4.78 is 44.8. The number of hydrogen-bond acceptors (Lipinski definition) is 0. The molecule has 0 amide bonds. The predicted molar refractivity (Wildman–Crippen MR) is 206 cm³/mol. The van der Waals surface area contributed by atoms with Gasteiger partial charge in [-0.25, -0.2) is 0 Å². The van der Waals surface area contributed by atoms with Gasteiger partial charge in [-0.05, 0) is 136 Å². The van der Waals surface area contributed by atoms with Crippen LogP contribution in [0, 0.1) is 0 Å². The van der Waals surface area contributed by atoms with Gasteiger partial charge in [-0.3, -0.25) is 0 Å². The average molecular weight is 743 g/mol. The van der Waals surface area contributed by atoms with Gasteiger partial charge >= 0.3 is 6.18 Å². The Bertz CT molecular complexity index is 2470. The van der Waals surface area contributed by atoms with Crippen LogP contribution in [-0.4, -0.2) is 10.2 Å². The predicted octanol–water partition coefficient (Wildman–Crippen LogP) is 12.9. The van der Waals surface area contributed by atoms with Crippen molar-refractivity contribution < 1.29 is 13.2 Å². The Morgan fingerprint density at radius 3 is 1.94 bits per heavy atom. The van der Waals surface area contributed by atoms with Crippen LogP contribution in [0.5, 0.6) is 0 Å². The van der Waals surface area contributed by atoms with Gasteiger partial charge in [0.05, 0.1) is 0 Å². The van der Waals surface area contributed by atoms with Gasteiger partial charge in [-0.1, -0.05) is 124 Å². The third kappa shape index (κ3) is 4.92. The molecule has 4 heteroatoms. The molecule has 3 aliphatic rings. The van der Waals surface area contributed by atoms with E-state index >= 15 is 0 Å². The minimum atomic E-state index is -4.30. The number of allylic oxidation sites excluding steroid dienone is 7. The van der Waals surface area contributed by atoms with E-state index in [1.54, 1.807) is 6.08 Å². The van der Waals surface area contributed by atoms with Gasteiger partial charge in [0.2, 0.25) is 0 Å². The molecule has 0 spiro atoms. The molecule has 0 atom stereocenters. The number of aryl methyl sites for hydroxylation is 2. The van der Waals surface area contributed by atoms with Crippen LogP contribution in [0.3, 0.4) is 0 Å². The van der Waals surface area contributed by atoms with Crippen molar-refractivity contribution in [3.8, 4) is 22.3 Å². The number of hydrogen-bond donors (Lipinski definition) is 0. The summed E-state index contributed by atoms with van der Waals surface area (Å²) in [6, 6.07) is 34.9. The van der Waals surface area contributed by atoms with Crippen LogP contribution in [-0.2, 0) is 12.8 Å². The number of rotatable bonds is 4. The highest BCUT2D eigenvalue weighted by Crippen LogP contribution is 2.50. The fourth-order valence-electron chi connectivity index (χ4n) is 7.85. The topological polar surface area (TPSA) is 0 Å². The Labute approximate surface area is 287 Å². The second kappa shape index (κ2) is 11.6. The first-order valence-corrected chi connectivity index (χ1v) is 18.7. The van der Waals surface area contributed by atoms with E-state index in [-0.39, 0.29) is 27.2 Å². The van der Waals surface area contributed by atoms with Crippen molar-refractivity contribution >= 4 is 66.2 Å². The van der Waals surface area contributed by atoms with Crippen molar-refractivity contribution in [1.29, 1.82) is 0 Å². The number of fused-ring (bicyclic) bond motifs is 1. The van der Waals surface area contributed by atoms with Crippen LogP contribution in [0.4, 0.5) is 13.2 Å². The van der Waals surface area contributed by atoms with E-state index in [1.165, 1.54) is 70.0 Å². The summed E-state index contributed by atoms with van der Waals surface area (Å²) in [4.78, 5) is 0. The molecule has 48 heavy (non-hydrogen) atoms. The van der Waals surface area contributed by atoms with E-state index in [4.69, 9.17) is 0 Å². The summed E-state index contributed by atoms with van der Waals surface area (Å²) in [5.41, 5.74) is 10.4. The fourth-order valence-corrected chi connectivity index (χ4v) is 9.92. The minimum absolute atomic E-state index is 0.00708. The zero-order valence-electron chi connectivity index (χ0n) is 26.0. The molecule has 0 saturated carbocycles. The molecule has 0 aromatic heterocycles. The molecule has 0 saturated heterocycles. The zero-order valence-corrected chi connectivity index (χ0v) is 28.2. The van der Waals surface area contributed by atoms with Crippen LogP contribution >= 0.6 is 20.7 Å². The van der Waals surface area contributed by atoms with E-state index < -0.39 is 11.7 Å². The standard InChI is InChI=1S/C44H30F3I/c45-44(46,47)32-17-15-29(16-18-32)37-25-39(31-14-13-27-8-4-5-11-30(27)24-31)35-21-22-36-40(41-12-6-7-23-48-41)26-38(28-9-2-1-3-10-28)34-20-19-33(37)42(35)43(34)36/h1-15,17,19-20,23-26H,16,18,21-22H2. The summed E-state index contributed by atoms with van der Waals surface area (Å²) in [6.07, 6.45) is 7.52. The van der Waals surface area contributed by atoms with Gasteiger partial charge in [-0.2, -0.15) is 13.2 Å². The van der Waals surface area contributed by atoms with Crippen molar-refractivity contribution in [2.75, 3.05) is 0 Å². The molecule has 0 bridgehead atoms. The molecule has 2 aliphatic carbocycles. The monoisotopic (exact) mass is 742 g/mol. The normalized spacial score (nSPS) is 15.9. The molecule has 6 aromatic carbocycles. The van der Waals surface area contributed by atoms with Gasteiger partial charge in [-0.15, -0.1) is 0 Å². The molecular formula is C44H30F3I. The first kappa shape index (κ1) is 29.6. The molecule has 1 aliphatic heterocycles. The van der Waals surface area contributed by atoms with E-state index in [0.717, 1.165) is 34.9 Å². The van der Waals surface area contributed by atoms with Gasteiger partial charge in [0.1, 0.15) is 0 Å². The fraction of sp³-hybridized carbons (Fsp3) is 0.114. The van der Waals surface area contributed by atoms with Crippen LogP contribution in [0.15, 0.2) is 133 Å². The zero-order chi connectivity index (χ0) is 32.4. The third-order valence-corrected chi connectivity index (χ3v) is 12.5. The first-order valence-electron chi connectivity index (χ1n) is 16.4. The lowest BCUT2D eigenvalue weighted by Crippen LogP contribution is -2.13. The van der Waals surface area contributed by atoms with Crippen LogP contribution in [0.25, 0.3) is 63.7 Å². The molecule has 234 valence electrons. The van der Waals surface area contributed by atoms with Gasteiger partial charge < -0.3 is 0 Å². The summed E-state index contributed by atoms with van der Waals surface area (Å²) in [6.45, 7) is 0. The molecule has 0 unspecified atom stereocenters. The number of alkyl halides is 3. The van der Waals surface area contributed by atoms with Crippen molar-refractivity contribution in [3.63, 3.8) is 0 Å². The highest BCUT2D eigenvalue weighted by atomic mass is 127. The van der Waals surface area contributed by atoms with Gasteiger partial charge in [0, 0.05) is 9.15 Å². The molecule has 0 N–H and O–H groups in total. The molecule has 1 heterocycles. The van der Waals surface area contributed by atoms with Gasteiger partial charge in [0.15, 0.2) is 0 Å². The van der Waals surface area contributed by atoms with Crippen LogP contribution in [0.1, 0.15) is 35.1 Å². The lowest BCUT2D eigenvalue weighted by molar-refractivity contribution is -0.0939. The maximum atomic E-state index is 13.7. The van der Waals surface area contributed by atoms with Crippen molar-refractivity contribution in [2.24, 2.45) is 0 Å². The van der Waals surface area contributed by atoms with Crippen LogP contribution < -0.4 is 0 Å². The molecule has 0 nitrogen and oxygen atoms in total. The minimum Gasteiger partial charge on any atom is -0.166 e. The quantitative estimate of drug-likeness (QED) is 0.125. The Hall–Kier alpha value is -4.55. The Morgan fingerprint density at radius 2 is 1.23 bits per heavy atom. The second-order valence-corrected chi connectivity index (χ2v) is 15.3. The number of benzene rings is 6. The maximum Gasteiger partial charge on any atom is 0.412 e. The van der Waals surface area contributed by atoms with Crippen LogP contribution in [0.2, 0.25) is 0 Å². The van der Waals surface area contributed by atoms with E-state index in [0.29, 0.717) is 6.42 Å². The molecule has 9 rings (SSSR count). The van der Waals surface area contributed by atoms with E-state index in [2.05, 4.69) is 119 Å². The molecule has 6 aromatic rings. The lowest BCUT2D eigenvalue weighted by Gasteiger charge is -2.28. The first-order chi connectivity index (χ1) is 23.4. The molecular weight excluding hydrogens is 712 g/mol. The third-order valence-electron chi connectivity index (χ3n) is 10.1. The molecule has 0 fully saturated rings. The Morgan fingerprint density at radius 1 is 0.521 bits per heavy atom. The largest absolute Gasteiger partial charge is 0.412 e. The maximum absolute atomic E-state index is 13.7. The Kier molecular flexibility index (Phi) is 7.12. The van der Waals surface area contributed by atoms with Crippen molar-refractivity contribution in [3.05, 3.63) is 155 Å². The second-order valence-electron chi connectivity index (χ2n) is 12.8. The van der Waals surface area contributed by atoms with E-state index in [1.807, 2.05) is 0 Å². The molecule has 0 radical (unpaired) electrons. The summed E-state index contributed by atoms with van der Waals surface area (Å²) in [5.74, 6) is 0. The van der Waals surface area contributed by atoms with E-state index in [9.17, 15) is 13.2 Å². The highest BCUT2D eigenvalue weighted by Gasteiger charge is 2.34. The lowest BCUT2D eigenvalue weighted by atomic mass is 9.76. The van der Waals surface area contributed by atoms with Crippen molar-refractivity contribution in [2.45, 2.75) is 31.9 Å². The summed E-state index contributed by atoms with van der Waals surface area (Å²) >= 11 is -0.266.